The number of hydrogen-bond acceptors (Lipinski definition) is 4. The first-order valence-electron chi connectivity index (χ1n) is 5.49. The zero-order valence-corrected chi connectivity index (χ0v) is 11.7. The van der Waals surface area contributed by atoms with Gasteiger partial charge in [0.2, 0.25) is 0 Å². The van der Waals surface area contributed by atoms with E-state index in [1.165, 1.54) is 0 Å². The fourth-order valence-corrected chi connectivity index (χ4v) is 2.42. The molecule has 4 nitrogen and oxygen atoms in total. The summed E-state index contributed by atoms with van der Waals surface area (Å²) in [5.41, 5.74) is 0.936. The van der Waals surface area contributed by atoms with Crippen LogP contribution in [0.2, 0.25) is 0 Å². The van der Waals surface area contributed by atoms with Gasteiger partial charge in [-0.15, -0.1) is 0 Å². The van der Waals surface area contributed by atoms with E-state index in [4.69, 9.17) is 5.11 Å². The maximum absolute atomic E-state index is 8.91. The molecule has 0 saturated carbocycles. The highest BCUT2D eigenvalue weighted by Crippen LogP contribution is 2.25. The van der Waals surface area contributed by atoms with E-state index < -0.39 is 0 Å². The second kappa shape index (κ2) is 5.59. The molecule has 0 fully saturated rings. The molecule has 17 heavy (non-hydrogen) atoms. The standard InChI is InChI=1S/C12H14IN3O/c1-8(5-6-17)16-12-11-9(13)3-2-4-10(11)14-7-15-12/h2-4,7-8,17H,5-6H2,1H3,(H,14,15,16). The van der Waals surface area contributed by atoms with Crippen LogP contribution < -0.4 is 5.32 Å². The van der Waals surface area contributed by atoms with Crippen LogP contribution >= 0.6 is 22.6 Å². The van der Waals surface area contributed by atoms with Crippen LogP contribution in [0, 0.1) is 3.57 Å². The summed E-state index contributed by atoms with van der Waals surface area (Å²) in [4.78, 5) is 8.53. The summed E-state index contributed by atoms with van der Waals surface area (Å²) in [6.45, 7) is 2.20. The summed E-state index contributed by atoms with van der Waals surface area (Å²) in [5, 5.41) is 13.3. The number of nitrogens with zero attached hydrogens (tertiary/aromatic N) is 2. The molecule has 0 bridgehead atoms. The molecule has 2 N–H and O–H groups in total. The summed E-state index contributed by atoms with van der Waals surface area (Å²) in [5.74, 6) is 0.834. The SMILES string of the molecule is CC(CCO)Nc1ncnc2cccc(I)c12. The first-order valence-corrected chi connectivity index (χ1v) is 6.57. The zero-order valence-electron chi connectivity index (χ0n) is 9.52. The van der Waals surface area contributed by atoms with Gasteiger partial charge in [-0.1, -0.05) is 6.07 Å². The van der Waals surface area contributed by atoms with Crippen molar-refractivity contribution in [1.29, 1.82) is 0 Å². The smallest absolute Gasteiger partial charge is 0.138 e. The number of aromatic nitrogens is 2. The van der Waals surface area contributed by atoms with Crippen LogP contribution in [-0.2, 0) is 0 Å². The van der Waals surface area contributed by atoms with E-state index in [0.29, 0.717) is 6.42 Å². The number of rotatable bonds is 4. The van der Waals surface area contributed by atoms with Crippen LogP contribution in [0.5, 0.6) is 0 Å². The van der Waals surface area contributed by atoms with Crippen LogP contribution in [0.3, 0.4) is 0 Å². The second-order valence-corrected chi connectivity index (χ2v) is 5.08. The lowest BCUT2D eigenvalue weighted by Crippen LogP contribution is -2.17. The van der Waals surface area contributed by atoms with Crippen molar-refractivity contribution in [1.82, 2.24) is 9.97 Å². The van der Waals surface area contributed by atoms with Gasteiger partial charge in [0.1, 0.15) is 12.1 Å². The van der Waals surface area contributed by atoms with Crippen LogP contribution in [0.1, 0.15) is 13.3 Å². The van der Waals surface area contributed by atoms with Gasteiger partial charge in [-0.05, 0) is 48.1 Å². The van der Waals surface area contributed by atoms with Gasteiger partial charge in [-0.2, -0.15) is 0 Å². The minimum atomic E-state index is 0.175. The van der Waals surface area contributed by atoms with E-state index in [1.807, 2.05) is 25.1 Å². The summed E-state index contributed by atoms with van der Waals surface area (Å²) in [7, 11) is 0. The van der Waals surface area contributed by atoms with Gasteiger partial charge in [-0.3, -0.25) is 0 Å². The number of hydrogen-bond donors (Lipinski definition) is 2. The molecule has 2 aromatic rings. The maximum atomic E-state index is 8.91. The Morgan fingerprint density at radius 3 is 3.00 bits per heavy atom. The molecule has 1 unspecified atom stereocenters. The third-order valence-corrected chi connectivity index (χ3v) is 3.46. The third kappa shape index (κ3) is 2.84. The van der Waals surface area contributed by atoms with E-state index in [2.05, 4.69) is 37.9 Å². The van der Waals surface area contributed by atoms with E-state index in [9.17, 15) is 0 Å². The average molecular weight is 343 g/mol. The molecule has 5 heteroatoms. The lowest BCUT2D eigenvalue weighted by molar-refractivity contribution is 0.282. The van der Waals surface area contributed by atoms with Crippen LogP contribution in [0.15, 0.2) is 24.5 Å². The predicted octanol–water partition coefficient (Wildman–Crippen LogP) is 2.42. The first kappa shape index (κ1) is 12.5. The molecular formula is C12H14IN3O. The van der Waals surface area contributed by atoms with Gasteiger partial charge in [-0.25, -0.2) is 9.97 Å². The molecule has 2 rings (SSSR count). The highest BCUT2D eigenvalue weighted by atomic mass is 127. The monoisotopic (exact) mass is 343 g/mol. The molecule has 0 spiro atoms. The predicted molar refractivity (Wildman–Crippen MR) is 77.0 cm³/mol. The van der Waals surface area contributed by atoms with E-state index in [-0.39, 0.29) is 12.6 Å². The van der Waals surface area contributed by atoms with Crippen LogP contribution in [0.4, 0.5) is 5.82 Å². The number of fused-ring (bicyclic) bond motifs is 1. The molecule has 0 saturated heterocycles. The number of halogens is 1. The number of aliphatic hydroxyl groups excluding tert-OH is 1. The largest absolute Gasteiger partial charge is 0.396 e. The Morgan fingerprint density at radius 1 is 1.41 bits per heavy atom. The van der Waals surface area contributed by atoms with E-state index in [1.54, 1.807) is 6.33 Å². The van der Waals surface area contributed by atoms with Gasteiger partial charge in [0, 0.05) is 16.2 Å². The van der Waals surface area contributed by atoms with Gasteiger partial charge < -0.3 is 10.4 Å². The normalized spacial score (nSPS) is 12.6. The number of aliphatic hydroxyl groups is 1. The lowest BCUT2D eigenvalue weighted by Gasteiger charge is -2.15. The Labute approximate surface area is 114 Å². The molecule has 0 amide bonds. The van der Waals surface area contributed by atoms with E-state index >= 15 is 0 Å². The second-order valence-electron chi connectivity index (χ2n) is 3.91. The Balaban J connectivity index is 2.40. The quantitative estimate of drug-likeness (QED) is 0.838. The minimum Gasteiger partial charge on any atom is -0.396 e. The van der Waals surface area contributed by atoms with Gasteiger partial charge in [0.05, 0.1) is 10.9 Å². The van der Waals surface area contributed by atoms with Gasteiger partial charge >= 0.3 is 0 Å². The molecule has 1 aromatic carbocycles. The number of nitrogens with one attached hydrogen (secondary N) is 1. The molecule has 1 aromatic heterocycles. The van der Waals surface area contributed by atoms with Crippen molar-refractivity contribution < 1.29 is 5.11 Å². The summed E-state index contributed by atoms with van der Waals surface area (Å²) >= 11 is 2.28. The Morgan fingerprint density at radius 2 is 2.24 bits per heavy atom. The first-order chi connectivity index (χ1) is 8.22. The summed E-state index contributed by atoms with van der Waals surface area (Å²) in [6, 6.07) is 6.18. The molecule has 0 radical (unpaired) electrons. The fourth-order valence-electron chi connectivity index (χ4n) is 1.68. The molecule has 1 atom stereocenters. The van der Waals surface area contributed by atoms with Gasteiger partial charge in [0.25, 0.3) is 0 Å². The highest BCUT2D eigenvalue weighted by molar-refractivity contribution is 14.1. The molecule has 0 aliphatic heterocycles. The molecule has 0 aliphatic carbocycles. The van der Waals surface area contributed by atoms with Crippen molar-refractivity contribution in [2.24, 2.45) is 0 Å². The Hall–Kier alpha value is -0.950. The topological polar surface area (TPSA) is 58.0 Å². The van der Waals surface area contributed by atoms with Crippen molar-refractivity contribution in [3.05, 3.63) is 28.1 Å². The van der Waals surface area contributed by atoms with Crippen molar-refractivity contribution in [3.8, 4) is 0 Å². The van der Waals surface area contributed by atoms with Crippen LogP contribution in [0.25, 0.3) is 10.9 Å². The van der Waals surface area contributed by atoms with Crippen LogP contribution in [-0.4, -0.2) is 27.7 Å². The minimum absolute atomic E-state index is 0.175. The van der Waals surface area contributed by atoms with Crippen molar-refractivity contribution >= 4 is 39.3 Å². The number of benzene rings is 1. The highest BCUT2D eigenvalue weighted by Gasteiger charge is 2.09. The zero-order chi connectivity index (χ0) is 12.3. The van der Waals surface area contributed by atoms with Crippen molar-refractivity contribution in [3.63, 3.8) is 0 Å². The summed E-state index contributed by atoms with van der Waals surface area (Å²) < 4.78 is 1.12. The molecule has 90 valence electrons. The van der Waals surface area contributed by atoms with E-state index in [0.717, 1.165) is 20.3 Å². The molecule has 0 aliphatic rings. The molecule has 1 heterocycles. The van der Waals surface area contributed by atoms with Crippen molar-refractivity contribution in [2.45, 2.75) is 19.4 Å². The maximum Gasteiger partial charge on any atom is 0.138 e. The van der Waals surface area contributed by atoms with Crippen molar-refractivity contribution in [2.75, 3.05) is 11.9 Å². The average Bonchev–Trinajstić information content (AvgIpc) is 2.29. The summed E-state index contributed by atoms with van der Waals surface area (Å²) in [6.07, 6.45) is 2.27. The van der Waals surface area contributed by atoms with Gasteiger partial charge in [0.15, 0.2) is 0 Å². The number of anilines is 1. The third-order valence-electron chi connectivity index (χ3n) is 2.56. The molecular weight excluding hydrogens is 329 g/mol. The Bertz CT molecular complexity index is 513. The Kier molecular flexibility index (Phi) is 4.11. The fraction of sp³-hybridized carbons (Fsp3) is 0.333. The lowest BCUT2D eigenvalue weighted by atomic mass is 10.2.